The fourth-order valence-electron chi connectivity index (χ4n) is 2.61. The van der Waals surface area contributed by atoms with Crippen molar-refractivity contribution < 1.29 is 5.11 Å². The van der Waals surface area contributed by atoms with Crippen LogP contribution in [0.25, 0.3) is 0 Å². The monoisotopic (exact) mass is 265 g/mol. The SMILES string of the molecule is NCc1ccc(SCC(O)CC2CCCC2)cc1. The fraction of sp³-hybridized carbons (Fsp3) is 0.600. The van der Waals surface area contributed by atoms with E-state index in [0.29, 0.717) is 6.54 Å². The van der Waals surface area contributed by atoms with E-state index in [4.69, 9.17) is 5.73 Å². The van der Waals surface area contributed by atoms with Gasteiger partial charge in [-0.1, -0.05) is 37.8 Å². The van der Waals surface area contributed by atoms with Crippen molar-refractivity contribution in [3.05, 3.63) is 29.8 Å². The number of aliphatic hydroxyl groups is 1. The molecule has 2 rings (SSSR count). The van der Waals surface area contributed by atoms with E-state index in [2.05, 4.69) is 24.3 Å². The maximum Gasteiger partial charge on any atom is 0.0636 e. The summed E-state index contributed by atoms with van der Waals surface area (Å²) in [5, 5.41) is 10.0. The van der Waals surface area contributed by atoms with Gasteiger partial charge in [-0.05, 0) is 30.0 Å². The molecule has 3 N–H and O–H groups in total. The van der Waals surface area contributed by atoms with E-state index in [1.54, 1.807) is 11.8 Å². The van der Waals surface area contributed by atoms with E-state index in [-0.39, 0.29) is 6.10 Å². The fourth-order valence-corrected chi connectivity index (χ4v) is 3.46. The Kier molecular flexibility index (Phi) is 5.54. The van der Waals surface area contributed by atoms with Gasteiger partial charge in [-0.3, -0.25) is 0 Å². The lowest BCUT2D eigenvalue weighted by Gasteiger charge is -2.14. The quantitative estimate of drug-likeness (QED) is 0.777. The molecule has 1 unspecified atom stereocenters. The van der Waals surface area contributed by atoms with Crippen LogP contribution >= 0.6 is 11.8 Å². The van der Waals surface area contributed by atoms with Gasteiger partial charge in [-0.2, -0.15) is 0 Å². The Balaban J connectivity index is 1.72. The lowest BCUT2D eigenvalue weighted by molar-refractivity contribution is 0.166. The molecule has 0 radical (unpaired) electrons. The zero-order valence-corrected chi connectivity index (χ0v) is 11.7. The van der Waals surface area contributed by atoms with Crippen molar-refractivity contribution in [2.75, 3.05) is 5.75 Å². The van der Waals surface area contributed by atoms with Crippen molar-refractivity contribution in [2.24, 2.45) is 11.7 Å². The first-order valence-electron chi connectivity index (χ1n) is 6.88. The van der Waals surface area contributed by atoms with E-state index < -0.39 is 0 Å². The third-order valence-electron chi connectivity index (χ3n) is 3.68. The Morgan fingerprint density at radius 3 is 2.50 bits per heavy atom. The molecule has 1 aliphatic carbocycles. The normalized spacial score (nSPS) is 18.1. The lowest BCUT2D eigenvalue weighted by atomic mass is 10.0. The summed E-state index contributed by atoms with van der Waals surface area (Å²) in [5.41, 5.74) is 6.72. The molecule has 0 aromatic heterocycles. The Labute approximate surface area is 114 Å². The van der Waals surface area contributed by atoms with Crippen LogP contribution in [0.2, 0.25) is 0 Å². The molecule has 1 aliphatic rings. The summed E-state index contributed by atoms with van der Waals surface area (Å²) < 4.78 is 0. The molecule has 1 aromatic carbocycles. The Morgan fingerprint density at radius 2 is 1.89 bits per heavy atom. The molecule has 0 aliphatic heterocycles. The van der Waals surface area contributed by atoms with Crippen LogP contribution in [0.3, 0.4) is 0 Å². The summed E-state index contributed by atoms with van der Waals surface area (Å²) in [7, 11) is 0. The van der Waals surface area contributed by atoms with Crippen molar-refractivity contribution >= 4 is 11.8 Å². The average Bonchev–Trinajstić information content (AvgIpc) is 2.90. The molecular weight excluding hydrogens is 242 g/mol. The van der Waals surface area contributed by atoms with Gasteiger partial charge in [0.2, 0.25) is 0 Å². The maximum atomic E-state index is 10.0. The Morgan fingerprint density at radius 1 is 1.22 bits per heavy atom. The van der Waals surface area contributed by atoms with Gasteiger partial charge in [0, 0.05) is 17.2 Å². The minimum Gasteiger partial charge on any atom is -0.392 e. The second-order valence-electron chi connectivity index (χ2n) is 5.20. The third-order valence-corrected chi connectivity index (χ3v) is 4.84. The highest BCUT2D eigenvalue weighted by Gasteiger charge is 2.18. The van der Waals surface area contributed by atoms with Crippen LogP contribution in [0.1, 0.15) is 37.7 Å². The van der Waals surface area contributed by atoms with Gasteiger partial charge in [0.25, 0.3) is 0 Å². The molecule has 18 heavy (non-hydrogen) atoms. The van der Waals surface area contributed by atoms with Gasteiger partial charge in [-0.15, -0.1) is 11.8 Å². The summed E-state index contributed by atoms with van der Waals surface area (Å²) in [4.78, 5) is 1.22. The molecule has 0 saturated heterocycles. The molecule has 0 heterocycles. The van der Waals surface area contributed by atoms with Gasteiger partial charge < -0.3 is 10.8 Å². The van der Waals surface area contributed by atoms with Crippen molar-refractivity contribution in [3.8, 4) is 0 Å². The molecule has 1 fully saturated rings. The Hall–Kier alpha value is -0.510. The van der Waals surface area contributed by atoms with Crippen LogP contribution in [0.15, 0.2) is 29.2 Å². The molecule has 1 aromatic rings. The molecule has 3 heteroatoms. The van der Waals surface area contributed by atoms with E-state index in [9.17, 15) is 5.11 Å². The topological polar surface area (TPSA) is 46.2 Å². The van der Waals surface area contributed by atoms with E-state index in [1.807, 2.05) is 0 Å². The van der Waals surface area contributed by atoms with Crippen molar-refractivity contribution in [3.63, 3.8) is 0 Å². The average molecular weight is 265 g/mol. The van der Waals surface area contributed by atoms with Crippen LogP contribution in [-0.4, -0.2) is 17.0 Å². The maximum absolute atomic E-state index is 10.0. The number of nitrogens with two attached hydrogens (primary N) is 1. The summed E-state index contributed by atoms with van der Waals surface area (Å²) in [5.74, 6) is 1.57. The highest BCUT2D eigenvalue weighted by molar-refractivity contribution is 7.99. The first-order chi connectivity index (χ1) is 8.78. The third kappa shape index (κ3) is 4.30. The predicted octanol–water partition coefficient (Wildman–Crippen LogP) is 3.18. The second-order valence-corrected chi connectivity index (χ2v) is 6.29. The number of hydrogen-bond acceptors (Lipinski definition) is 3. The molecule has 1 saturated carbocycles. The van der Waals surface area contributed by atoms with Gasteiger partial charge >= 0.3 is 0 Å². The van der Waals surface area contributed by atoms with Crippen molar-refractivity contribution in [1.29, 1.82) is 0 Å². The zero-order valence-electron chi connectivity index (χ0n) is 10.8. The van der Waals surface area contributed by atoms with Crippen LogP contribution in [-0.2, 0) is 6.54 Å². The number of benzene rings is 1. The largest absolute Gasteiger partial charge is 0.392 e. The summed E-state index contributed by atoms with van der Waals surface area (Å²) in [6.45, 7) is 0.593. The number of hydrogen-bond donors (Lipinski definition) is 2. The Bertz CT molecular complexity index is 346. The number of thioether (sulfide) groups is 1. The number of rotatable bonds is 6. The van der Waals surface area contributed by atoms with Crippen molar-refractivity contribution in [1.82, 2.24) is 0 Å². The standard InChI is InChI=1S/C15H23NOS/c16-10-13-5-7-15(8-6-13)18-11-14(17)9-12-3-1-2-4-12/h5-8,12,14,17H,1-4,9-11,16H2. The summed E-state index contributed by atoms with van der Waals surface area (Å²) in [6.07, 6.45) is 6.15. The molecule has 0 amide bonds. The van der Waals surface area contributed by atoms with Crippen molar-refractivity contribution in [2.45, 2.75) is 49.6 Å². The van der Waals surface area contributed by atoms with Gasteiger partial charge in [0.15, 0.2) is 0 Å². The van der Waals surface area contributed by atoms with Gasteiger partial charge in [0.1, 0.15) is 0 Å². The van der Waals surface area contributed by atoms with Crippen LogP contribution in [0.4, 0.5) is 0 Å². The summed E-state index contributed by atoms with van der Waals surface area (Å²) in [6, 6.07) is 8.31. The highest BCUT2D eigenvalue weighted by Crippen LogP contribution is 2.30. The van der Waals surface area contributed by atoms with Crippen LogP contribution < -0.4 is 5.73 Å². The molecule has 100 valence electrons. The zero-order chi connectivity index (χ0) is 12.8. The molecule has 0 spiro atoms. The van der Waals surface area contributed by atoms with E-state index in [0.717, 1.165) is 23.7 Å². The first-order valence-corrected chi connectivity index (χ1v) is 7.86. The van der Waals surface area contributed by atoms with Crippen LogP contribution in [0, 0.1) is 5.92 Å². The first kappa shape index (κ1) is 13.9. The lowest BCUT2D eigenvalue weighted by Crippen LogP contribution is -2.14. The molecule has 1 atom stereocenters. The van der Waals surface area contributed by atoms with Gasteiger partial charge in [0.05, 0.1) is 6.10 Å². The second kappa shape index (κ2) is 7.17. The van der Waals surface area contributed by atoms with Crippen LogP contribution in [0.5, 0.6) is 0 Å². The number of aliphatic hydroxyl groups excluding tert-OH is 1. The smallest absolute Gasteiger partial charge is 0.0636 e. The highest BCUT2D eigenvalue weighted by atomic mass is 32.2. The molecule has 2 nitrogen and oxygen atoms in total. The van der Waals surface area contributed by atoms with Gasteiger partial charge in [-0.25, -0.2) is 0 Å². The molecular formula is C15H23NOS. The van der Waals surface area contributed by atoms with E-state index in [1.165, 1.54) is 30.6 Å². The van der Waals surface area contributed by atoms with E-state index >= 15 is 0 Å². The predicted molar refractivity (Wildman–Crippen MR) is 77.6 cm³/mol. The minimum absolute atomic E-state index is 0.160. The minimum atomic E-state index is -0.160. The molecule has 0 bridgehead atoms. The summed E-state index contributed by atoms with van der Waals surface area (Å²) >= 11 is 1.74.